The molecule has 2 aromatic heterocycles. The van der Waals surface area contributed by atoms with E-state index in [2.05, 4.69) is 15.1 Å². The smallest absolute Gasteiger partial charge is 0.239 e. The number of aromatic nitrogens is 4. The van der Waals surface area contributed by atoms with Crippen LogP contribution in [0.4, 0.5) is 4.39 Å². The molecule has 1 aliphatic rings. The quantitative estimate of drug-likeness (QED) is 0.763. The van der Waals surface area contributed by atoms with Gasteiger partial charge in [-0.2, -0.15) is 5.10 Å². The summed E-state index contributed by atoms with van der Waals surface area (Å²) in [4.78, 5) is 19.0. The van der Waals surface area contributed by atoms with E-state index in [1.54, 1.807) is 12.3 Å². The number of benzene rings is 1. The number of nitrogens with one attached hydrogen (secondary N) is 1. The first kappa shape index (κ1) is 14.8. The molecular weight excluding hydrogens is 313 g/mol. The lowest BCUT2D eigenvalue weighted by Crippen LogP contribution is -2.20. The highest BCUT2D eigenvalue weighted by Crippen LogP contribution is 2.31. The number of carbonyl (C=O) groups excluding carboxylic acids is 1. The van der Waals surface area contributed by atoms with E-state index in [9.17, 15) is 9.18 Å². The molecule has 1 unspecified atom stereocenters. The predicted molar refractivity (Wildman–Crippen MR) is 84.4 cm³/mol. The standard InChI is InChI=1S/C16H16FN5O2/c17-9-3-4-10-11(7-19-12(10)6-9)16-20-15(13-2-1-5-24-13)21-22(16)8-14(18)23/h3-4,6-7,13,19H,1-2,5,8H2,(H2,18,23). The number of nitrogens with two attached hydrogens (primary N) is 1. The van der Waals surface area contributed by atoms with E-state index in [-0.39, 0.29) is 18.5 Å². The minimum absolute atomic E-state index is 0.0804. The molecule has 1 saturated heterocycles. The van der Waals surface area contributed by atoms with Gasteiger partial charge in [0.05, 0.1) is 0 Å². The number of ether oxygens (including phenoxy) is 1. The van der Waals surface area contributed by atoms with Crippen LogP contribution in [0.5, 0.6) is 0 Å². The Bertz CT molecular complexity index is 910. The molecule has 8 heteroatoms. The van der Waals surface area contributed by atoms with Crippen molar-refractivity contribution in [2.45, 2.75) is 25.5 Å². The molecule has 4 rings (SSSR count). The zero-order valence-corrected chi connectivity index (χ0v) is 12.8. The lowest BCUT2D eigenvalue weighted by atomic mass is 10.1. The largest absolute Gasteiger partial charge is 0.370 e. The van der Waals surface area contributed by atoms with E-state index in [0.29, 0.717) is 23.8 Å². The normalized spacial score (nSPS) is 17.6. The van der Waals surface area contributed by atoms with E-state index in [1.807, 2.05) is 0 Å². The Morgan fingerprint density at radius 1 is 1.50 bits per heavy atom. The monoisotopic (exact) mass is 329 g/mol. The second kappa shape index (κ2) is 5.72. The minimum Gasteiger partial charge on any atom is -0.370 e. The van der Waals surface area contributed by atoms with Crippen molar-refractivity contribution >= 4 is 16.8 Å². The summed E-state index contributed by atoms with van der Waals surface area (Å²) in [6.07, 6.45) is 3.36. The van der Waals surface area contributed by atoms with Gasteiger partial charge < -0.3 is 15.5 Å². The van der Waals surface area contributed by atoms with Gasteiger partial charge in [-0.05, 0) is 31.0 Å². The Hall–Kier alpha value is -2.74. The third-order valence-corrected chi connectivity index (χ3v) is 4.10. The number of amides is 1. The number of halogens is 1. The highest BCUT2D eigenvalue weighted by molar-refractivity contribution is 5.94. The first-order valence-corrected chi connectivity index (χ1v) is 7.73. The molecule has 1 fully saturated rings. The zero-order chi connectivity index (χ0) is 16.7. The van der Waals surface area contributed by atoms with Crippen molar-refractivity contribution < 1.29 is 13.9 Å². The second-order valence-corrected chi connectivity index (χ2v) is 5.81. The fourth-order valence-corrected chi connectivity index (χ4v) is 3.02. The summed E-state index contributed by atoms with van der Waals surface area (Å²) in [5.74, 6) is 0.220. The predicted octanol–water partition coefficient (Wildman–Crippen LogP) is 1.90. The van der Waals surface area contributed by atoms with Gasteiger partial charge >= 0.3 is 0 Å². The molecule has 24 heavy (non-hydrogen) atoms. The molecule has 7 nitrogen and oxygen atoms in total. The average Bonchev–Trinajstić information content (AvgIpc) is 3.24. The van der Waals surface area contributed by atoms with Gasteiger partial charge in [0.25, 0.3) is 0 Å². The summed E-state index contributed by atoms with van der Waals surface area (Å²) in [5, 5.41) is 5.20. The molecule has 0 spiro atoms. The van der Waals surface area contributed by atoms with Crippen LogP contribution in [-0.4, -0.2) is 32.3 Å². The van der Waals surface area contributed by atoms with Crippen LogP contribution in [0, 0.1) is 5.82 Å². The van der Waals surface area contributed by atoms with Crippen molar-refractivity contribution in [3.63, 3.8) is 0 Å². The van der Waals surface area contributed by atoms with E-state index < -0.39 is 5.91 Å². The van der Waals surface area contributed by atoms with Gasteiger partial charge in [0.1, 0.15) is 18.5 Å². The minimum atomic E-state index is -0.508. The molecule has 1 amide bonds. The highest BCUT2D eigenvalue weighted by atomic mass is 19.1. The van der Waals surface area contributed by atoms with Crippen molar-refractivity contribution in [1.82, 2.24) is 19.7 Å². The van der Waals surface area contributed by atoms with Crippen LogP contribution in [0.3, 0.4) is 0 Å². The van der Waals surface area contributed by atoms with Crippen LogP contribution in [0.15, 0.2) is 24.4 Å². The Kier molecular flexibility index (Phi) is 3.53. The number of nitrogens with zero attached hydrogens (tertiary/aromatic N) is 3. The molecule has 124 valence electrons. The number of primary amides is 1. The maximum atomic E-state index is 13.4. The van der Waals surface area contributed by atoms with Crippen LogP contribution in [-0.2, 0) is 16.1 Å². The van der Waals surface area contributed by atoms with Crippen LogP contribution in [0.2, 0.25) is 0 Å². The van der Waals surface area contributed by atoms with Gasteiger partial charge in [-0.15, -0.1) is 0 Å². The molecule has 3 N–H and O–H groups in total. The molecule has 3 heterocycles. The van der Waals surface area contributed by atoms with E-state index in [0.717, 1.165) is 23.8 Å². The Balaban J connectivity index is 1.83. The fraction of sp³-hybridized carbons (Fsp3) is 0.312. The van der Waals surface area contributed by atoms with Crippen LogP contribution >= 0.6 is 0 Å². The lowest BCUT2D eigenvalue weighted by molar-refractivity contribution is -0.118. The van der Waals surface area contributed by atoms with Crippen molar-refractivity contribution in [3.05, 3.63) is 36.0 Å². The highest BCUT2D eigenvalue weighted by Gasteiger charge is 2.25. The Morgan fingerprint density at radius 2 is 2.38 bits per heavy atom. The van der Waals surface area contributed by atoms with Gasteiger partial charge in [0.2, 0.25) is 5.91 Å². The van der Waals surface area contributed by atoms with E-state index >= 15 is 0 Å². The number of rotatable bonds is 4. The van der Waals surface area contributed by atoms with E-state index in [1.165, 1.54) is 16.8 Å². The molecule has 1 atom stereocenters. The van der Waals surface area contributed by atoms with Crippen LogP contribution in [0.25, 0.3) is 22.3 Å². The summed E-state index contributed by atoms with van der Waals surface area (Å²) >= 11 is 0. The van der Waals surface area contributed by atoms with Gasteiger partial charge in [0.15, 0.2) is 11.6 Å². The first-order chi connectivity index (χ1) is 11.6. The number of hydrogen-bond donors (Lipinski definition) is 2. The fourth-order valence-electron chi connectivity index (χ4n) is 3.02. The van der Waals surface area contributed by atoms with Crippen molar-refractivity contribution in [2.24, 2.45) is 5.73 Å². The van der Waals surface area contributed by atoms with Crippen LogP contribution < -0.4 is 5.73 Å². The Morgan fingerprint density at radius 3 is 3.12 bits per heavy atom. The number of hydrogen-bond acceptors (Lipinski definition) is 4. The number of fused-ring (bicyclic) bond motifs is 1. The third-order valence-electron chi connectivity index (χ3n) is 4.10. The van der Waals surface area contributed by atoms with E-state index in [4.69, 9.17) is 10.5 Å². The topological polar surface area (TPSA) is 98.8 Å². The van der Waals surface area contributed by atoms with Gasteiger partial charge in [-0.25, -0.2) is 14.1 Å². The van der Waals surface area contributed by atoms with Gasteiger partial charge in [0, 0.05) is 29.3 Å². The molecule has 1 aliphatic heterocycles. The lowest BCUT2D eigenvalue weighted by Gasteiger charge is -2.02. The summed E-state index contributed by atoms with van der Waals surface area (Å²) < 4.78 is 20.5. The molecule has 3 aromatic rings. The third kappa shape index (κ3) is 2.54. The first-order valence-electron chi connectivity index (χ1n) is 7.73. The molecule has 0 bridgehead atoms. The zero-order valence-electron chi connectivity index (χ0n) is 12.8. The number of aromatic amines is 1. The summed E-state index contributed by atoms with van der Waals surface area (Å²) in [5.41, 5.74) is 6.71. The maximum absolute atomic E-state index is 13.4. The number of H-pyrrole nitrogens is 1. The SMILES string of the molecule is NC(=O)Cn1nc(C2CCCO2)nc1-c1c[nH]c2cc(F)ccc12. The Labute approximate surface area is 136 Å². The maximum Gasteiger partial charge on any atom is 0.239 e. The van der Waals surface area contributed by atoms with Crippen LogP contribution in [0.1, 0.15) is 24.8 Å². The summed E-state index contributed by atoms with van der Waals surface area (Å²) in [6, 6.07) is 4.47. The van der Waals surface area contributed by atoms with Gasteiger partial charge in [-0.1, -0.05) is 0 Å². The van der Waals surface area contributed by atoms with Gasteiger partial charge in [-0.3, -0.25) is 4.79 Å². The van der Waals surface area contributed by atoms with Crippen molar-refractivity contribution in [2.75, 3.05) is 6.61 Å². The average molecular weight is 329 g/mol. The molecule has 0 radical (unpaired) electrons. The molecular formula is C16H16FN5O2. The second-order valence-electron chi connectivity index (χ2n) is 5.81. The molecule has 1 aromatic carbocycles. The van der Waals surface area contributed by atoms with Crippen molar-refractivity contribution in [1.29, 1.82) is 0 Å². The summed E-state index contributed by atoms with van der Waals surface area (Å²) in [7, 11) is 0. The van der Waals surface area contributed by atoms with Crippen molar-refractivity contribution in [3.8, 4) is 11.4 Å². The summed E-state index contributed by atoms with van der Waals surface area (Å²) in [6.45, 7) is 0.597. The number of carbonyl (C=O) groups is 1. The molecule has 0 saturated carbocycles. The molecule has 0 aliphatic carbocycles.